The maximum absolute atomic E-state index is 14.6. The minimum Gasteiger partial charge on any atom is -0.268 e. The molecule has 1 unspecified atom stereocenters. The van der Waals surface area contributed by atoms with Crippen molar-refractivity contribution >= 4 is 50.1 Å². The van der Waals surface area contributed by atoms with Gasteiger partial charge in [0.2, 0.25) is 10.0 Å². The zero-order chi connectivity index (χ0) is 22.9. The summed E-state index contributed by atoms with van der Waals surface area (Å²) in [6.45, 7) is 2.65. The molecular formula is C22H23ClFN3O3S2. The van der Waals surface area contributed by atoms with Crippen LogP contribution in [0.3, 0.4) is 0 Å². The Kier molecular flexibility index (Phi) is 6.90. The van der Waals surface area contributed by atoms with Gasteiger partial charge in [0, 0.05) is 29.4 Å². The van der Waals surface area contributed by atoms with Crippen molar-refractivity contribution in [2.45, 2.75) is 37.1 Å². The average molecular weight is 496 g/mol. The van der Waals surface area contributed by atoms with E-state index in [1.54, 1.807) is 24.3 Å². The van der Waals surface area contributed by atoms with Gasteiger partial charge in [-0.15, -0.1) is 0 Å². The number of amidine groups is 1. The molecule has 6 nitrogen and oxygen atoms in total. The number of thioether (sulfide) groups is 1. The number of amides is 1. The van der Waals surface area contributed by atoms with E-state index in [0.29, 0.717) is 29.0 Å². The van der Waals surface area contributed by atoms with E-state index in [9.17, 15) is 17.6 Å². The average Bonchev–Trinajstić information content (AvgIpc) is 3.21. The molecule has 0 aromatic heterocycles. The van der Waals surface area contributed by atoms with Crippen LogP contribution in [0.1, 0.15) is 36.5 Å². The number of halogens is 2. The molecule has 1 atom stereocenters. The van der Waals surface area contributed by atoms with Gasteiger partial charge in [0.1, 0.15) is 10.7 Å². The molecule has 4 rings (SSSR count). The van der Waals surface area contributed by atoms with E-state index in [-0.39, 0.29) is 11.6 Å². The summed E-state index contributed by atoms with van der Waals surface area (Å²) in [6.07, 6.45) is 2.42. The van der Waals surface area contributed by atoms with Crippen LogP contribution in [-0.2, 0) is 10.0 Å². The second-order valence-corrected chi connectivity index (χ2v) is 11.1. The van der Waals surface area contributed by atoms with Crippen LogP contribution in [0, 0.1) is 5.82 Å². The zero-order valence-corrected chi connectivity index (χ0v) is 19.9. The number of anilines is 1. The molecule has 0 aliphatic carbocycles. The molecule has 10 heteroatoms. The Morgan fingerprint density at radius 1 is 1.16 bits per heavy atom. The number of hydrogen-bond donors (Lipinski definition) is 0. The lowest BCUT2D eigenvalue weighted by Crippen LogP contribution is -2.37. The third kappa shape index (κ3) is 4.71. The first-order valence-corrected chi connectivity index (χ1v) is 13.2. The maximum Gasteiger partial charge on any atom is 0.264 e. The smallest absolute Gasteiger partial charge is 0.264 e. The van der Waals surface area contributed by atoms with E-state index in [0.717, 1.165) is 37.1 Å². The largest absolute Gasteiger partial charge is 0.268 e. The molecule has 32 heavy (non-hydrogen) atoms. The van der Waals surface area contributed by atoms with Gasteiger partial charge in [-0.3, -0.25) is 14.7 Å². The molecular weight excluding hydrogens is 473 g/mol. The van der Waals surface area contributed by atoms with E-state index in [4.69, 9.17) is 11.6 Å². The van der Waals surface area contributed by atoms with Gasteiger partial charge in [-0.2, -0.15) is 4.31 Å². The third-order valence-corrected chi connectivity index (χ3v) is 8.74. The highest BCUT2D eigenvalue weighted by Crippen LogP contribution is 2.30. The maximum atomic E-state index is 14.6. The molecule has 0 N–H and O–H groups in total. The molecule has 0 bridgehead atoms. The van der Waals surface area contributed by atoms with Crippen molar-refractivity contribution in [1.82, 2.24) is 4.31 Å². The summed E-state index contributed by atoms with van der Waals surface area (Å²) in [7, 11) is -4.04. The van der Waals surface area contributed by atoms with Crippen molar-refractivity contribution in [1.29, 1.82) is 0 Å². The fourth-order valence-electron chi connectivity index (χ4n) is 3.69. The van der Waals surface area contributed by atoms with Crippen LogP contribution >= 0.6 is 23.4 Å². The lowest BCUT2D eigenvalue weighted by atomic mass is 10.2. The molecule has 0 radical (unpaired) electrons. The van der Waals surface area contributed by atoms with Crippen molar-refractivity contribution in [2.75, 3.05) is 23.7 Å². The second kappa shape index (κ2) is 9.51. The molecule has 1 saturated heterocycles. The van der Waals surface area contributed by atoms with Crippen molar-refractivity contribution < 1.29 is 17.6 Å². The van der Waals surface area contributed by atoms with E-state index < -0.39 is 26.6 Å². The van der Waals surface area contributed by atoms with Crippen molar-refractivity contribution in [3.8, 4) is 0 Å². The molecule has 2 heterocycles. The van der Waals surface area contributed by atoms with E-state index in [1.165, 1.54) is 27.0 Å². The van der Waals surface area contributed by atoms with Crippen LogP contribution < -0.4 is 4.90 Å². The molecule has 170 valence electrons. The van der Waals surface area contributed by atoms with Gasteiger partial charge in [0.25, 0.3) is 5.91 Å². The van der Waals surface area contributed by atoms with Gasteiger partial charge in [0.05, 0.1) is 11.7 Å². The highest BCUT2D eigenvalue weighted by molar-refractivity contribution is 8.14. The lowest BCUT2D eigenvalue weighted by molar-refractivity contribution is 0.100. The number of carbonyl (C=O) groups is 1. The molecule has 1 amide bonds. The van der Waals surface area contributed by atoms with E-state index >= 15 is 0 Å². The van der Waals surface area contributed by atoms with Crippen molar-refractivity contribution in [3.05, 3.63) is 58.9 Å². The second-order valence-electron chi connectivity index (χ2n) is 7.80. The molecule has 2 aromatic rings. The number of piperidine rings is 1. The molecule has 1 fully saturated rings. The summed E-state index contributed by atoms with van der Waals surface area (Å²) in [4.78, 5) is 19.1. The zero-order valence-electron chi connectivity index (χ0n) is 17.5. The van der Waals surface area contributed by atoms with E-state index in [2.05, 4.69) is 4.99 Å². The van der Waals surface area contributed by atoms with Gasteiger partial charge in [0.15, 0.2) is 5.17 Å². The number of hydrogen-bond acceptors (Lipinski definition) is 5. The van der Waals surface area contributed by atoms with Crippen LogP contribution in [0.2, 0.25) is 5.02 Å². The van der Waals surface area contributed by atoms with Crippen LogP contribution in [-0.4, -0.2) is 48.7 Å². The van der Waals surface area contributed by atoms with Crippen LogP contribution in [0.15, 0.2) is 52.4 Å². The topological polar surface area (TPSA) is 70.1 Å². The predicted octanol–water partition coefficient (Wildman–Crippen LogP) is 4.79. The standard InChI is InChI=1S/C22H23ClFN3O3S2/c1-15-14-31-22(25-15)27(18-8-6-17(23)7-9-18)21(28)16-5-10-19(24)20(13-16)32(29,30)26-11-3-2-4-12-26/h5-10,13,15H,2-4,11-12,14H2,1H3. The Labute approximate surface area is 196 Å². The molecule has 2 aliphatic heterocycles. The summed E-state index contributed by atoms with van der Waals surface area (Å²) < 4.78 is 42.1. The number of benzene rings is 2. The third-order valence-electron chi connectivity index (χ3n) is 5.37. The highest BCUT2D eigenvalue weighted by atomic mass is 35.5. The summed E-state index contributed by atoms with van der Waals surface area (Å²) >= 11 is 7.44. The molecule has 2 aliphatic rings. The van der Waals surface area contributed by atoms with Crippen LogP contribution in [0.25, 0.3) is 0 Å². The molecule has 0 saturated carbocycles. The Hall–Kier alpha value is -1.94. The first kappa shape index (κ1) is 23.2. The summed E-state index contributed by atoms with van der Waals surface area (Å²) in [5.74, 6) is -0.626. The first-order chi connectivity index (χ1) is 15.3. The van der Waals surface area contributed by atoms with Gasteiger partial charge in [-0.05, 0) is 62.2 Å². The Bertz CT molecular complexity index is 1150. The summed E-state index contributed by atoms with van der Waals surface area (Å²) in [5, 5.41) is 1.03. The summed E-state index contributed by atoms with van der Waals surface area (Å²) in [6, 6.07) is 10.2. The van der Waals surface area contributed by atoms with Gasteiger partial charge in [-0.25, -0.2) is 12.8 Å². The van der Waals surface area contributed by atoms with Crippen LogP contribution in [0.5, 0.6) is 0 Å². The molecule has 2 aromatic carbocycles. The minimum atomic E-state index is -4.04. The van der Waals surface area contributed by atoms with Gasteiger partial charge < -0.3 is 0 Å². The van der Waals surface area contributed by atoms with E-state index in [1.807, 2.05) is 6.92 Å². The van der Waals surface area contributed by atoms with Gasteiger partial charge in [-0.1, -0.05) is 29.8 Å². The monoisotopic (exact) mass is 495 g/mol. The Morgan fingerprint density at radius 2 is 1.84 bits per heavy atom. The SMILES string of the molecule is CC1CSC(N(C(=O)c2ccc(F)c(S(=O)(=O)N3CCCCC3)c2)c2ccc(Cl)cc2)=N1. The number of carbonyl (C=O) groups excluding carboxylic acids is 1. The first-order valence-electron chi connectivity index (χ1n) is 10.4. The Balaban J connectivity index is 1.74. The van der Waals surface area contributed by atoms with Crippen molar-refractivity contribution in [3.63, 3.8) is 0 Å². The lowest BCUT2D eigenvalue weighted by Gasteiger charge is -2.26. The molecule has 0 spiro atoms. The van der Waals surface area contributed by atoms with Gasteiger partial charge >= 0.3 is 0 Å². The quantitative estimate of drug-likeness (QED) is 0.611. The van der Waals surface area contributed by atoms with Crippen LogP contribution in [0.4, 0.5) is 10.1 Å². The fourth-order valence-corrected chi connectivity index (χ4v) is 6.46. The number of aliphatic imine (C=N–C) groups is 1. The fraction of sp³-hybridized carbons (Fsp3) is 0.364. The number of sulfonamides is 1. The number of nitrogens with zero attached hydrogens (tertiary/aromatic N) is 3. The Morgan fingerprint density at radius 3 is 2.47 bits per heavy atom. The minimum absolute atomic E-state index is 0.0425. The highest BCUT2D eigenvalue weighted by Gasteiger charge is 2.32. The number of rotatable bonds is 4. The summed E-state index contributed by atoms with van der Waals surface area (Å²) in [5.41, 5.74) is 0.615. The predicted molar refractivity (Wildman–Crippen MR) is 127 cm³/mol. The normalized spacial score (nSPS) is 19.6. The van der Waals surface area contributed by atoms with Crippen molar-refractivity contribution in [2.24, 2.45) is 4.99 Å².